The van der Waals surface area contributed by atoms with Gasteiger partial charge in [-0.25, -0.2) is 0 Å². The number of amides is 1. The maximum Gasteiger partial charge on any atom is 0.231 e. The van der Waals surface area contributed by atoms with Crippen molar-refractivity contribution in [2.75, 3.05) is 12.1 Å². The second kappa shape index (κ2) is 6.55. The number of hydrogen-bond acceptors (Lipinski definition) is 4. The van der Waals surface area contributed by atoms with Gasteiger partial charge in [0.2, 0.25) is 12.7 Å². The third-order valence-corrected chi connectivity index (χ3v) is 4.46. The molecule has 0 radical (unpaired) electrons. The Hall–Kier alpha value is -3.28. The van der Waals surface area contributed by atoms with E-state index in [4.69, 9.17) is 9.47 Å². The number of ketones is 1. The largest absolute Gasteiger partial charge is 0.454 e. The highest BCUT2D eigenvalue weighted by Crippen LogP contribution is 2.37. The van der Waals surface area contributed by atoms with E-state index in [0.29, 0.717) is 35.6 Å². The molecular weight excluding hydrogens is 332 g/mol. The molecule has 1 aliphatic heterocycles. The number of anilines is 1. The lowest BCUT2D eigenvalue weighted by molar-refractivity contribution is -0.116. The zero-order chi connectivity index (χ0) is 18.1. The number of aromatic amines is 1. The van der Waals surface area contributed by atoms with Gasteiger partial charge in [-0.1, -0.05) is 18.2 Å². The number of aromatic nitrogens is 1. The zero-order valence-electron chi connectivity index (χ0n) is 14.3. The maximum atomic E-state index is 12.4. The molecule has 0 spiro atoms. The molecule has 2 aromatic carbocycles. The molecule has 132 valence electrons. The van der Waals surface area contributed by atoms with Crippen molar-refractivity contribution >= 4 is 28.3 Å². The molecule has 6 nitrogen and oxygen atoms in total. The van der Waals surface area contributed by atoms with Gasteiger partial charge in [-0.05, 0) is 31.0 Å². The molecule has 4 rings (SSSR count). The highest BCUT2D eigenvalue weighted by molar-refractivity contribution is 6.04. The number of aryl methyl sites for hydroxylation is 1. The van der Waals surface area contributed by atoms with Gasteiger partial charge in [-0.2, -0.15) is 0 Å². The lowest BCUT2D eigenvalue weighted by atomic mass is 10.1. The Kier molecular flexibility index (Phi) is 4.08. The average Bonchev–Trinajstić information content (AvgIpc) is 3.25. The lowest BCUT2D eigenvalue weighted by Gasteiger charge is -2.10. The Bertz CT molecular complexity index is 1010. The minimum absolute atomic E-state index is 0.116. The van der Waals surface area contributed by atoms with E-state index in [1.54, 1.807) is 12.1 Å². The Balaban J connectivity index is 1.49. The third kappa shape index (κ3) is 3.01. The summed E-state index contributed by atoms with van der Waals surface area (Å²) in [5, 5.41) is 3.94. The summed E-state index contributed by atoms with van der Waals surface area (Å²) in [6, 6.07) is 11.2. The number of hydrogen-bond donors (Lipinski definition) is 2. The summed E-state index contributed by atoms with van der Waals surface area (Å²) in [5.74, 6) is 0.751. The number of H-pyrrole nitrogens is 1. The Morgan fingerprint density at radius 2 is 1.92 bits per heavy atom. The minimum Gasteiger partial charge on any atom is -0.454 e. The normalized spacial score (nSPS) is 12.3. The summed E-state index contributed by atoms with van der Waals surface area (Å²) in [6.07, 6.45) is 2.85. The highest BCUT2D eigenvalue weighted by Gasteiger charge is 2.20. The van der Waals surface area contributed by atoms with Crippen LogP contribution in [0.2, 0.25) is 0 Å². The van der Waals surface area contributed by atoms with Gasteiger partial charge in [-0.3, -0.25) is 9.59 Å². The summed E-state index contributed by atoms with van der Waals surface area (Å²) in [7, 11) is 0. The fraction of sp³-hybridized carbons (Fsp3) is 0.200. The minimum atomic E-state index is -0.156. The van der Waals surface area contributed by atoms with E-state index in [2.05, 4.69) is 10.3 Å². The van der Waals surface area contributed by atoms with Crippen LogP contribution in [0, 0.1) is 0 Å². The second-order valence-electron chi connectivity index (χ2n) is 6.21. The van der Waals surface area contributed by atoms with Crippen LogP contribution in [0.15, 0.2) is 42.6 Å². The molecule has 1 aliphatic rings. The van der Waals surface area contributed by atoms with E-state index in [1.807, 2.05) is 30.5 Å². The van der Waals surface area contributed by atoms with Crippen molar-refractivity contribution < 1.29 is 19.1 Å². The fourth-order valence-electron chi connectivity index (χ4n) is 3.14. The molecule has 1 aromatic heterocycles. The Morgan fingerprint density at radius 1 is 1.15 bits per heavy atom. The van der Waals surface area contributed by atoms with Gasteiger partial charge in [0, 0.05) is 35.2 Å². The van der Waals surface area contributed by atoms with Crippen molar-refractivity contribution in [1.82, 2.24) is 4.98 Å². The zero-order valence-corrected chi connectivity index (χ0v) is 14.3. The Morgan fingerprint density at radius 3 is 2.73 bits per heavy atom. The van der Waals surface area contributed by atoms with Gasteiger partial charge < -0.3 is 19.8 Å². The quantitative estimate of drug-likeness (QED) is 0.688. The van der Waals surface area contributed by atoms with E-state index in [9.17, 15) is 9.59 Å². The number of fused-ring (bicyclic) bond motifs is 2. The molecule has 0 saturated carbocycles. The van der Waals surface area contributed by atoms with Crippen molar-refractivity contribution in [3.8, 4) is 11.5 Å². The molecular formula is C20H18N2O4. The van der Waals surface area contributed by atoms with Crippen LogP contribution in [-0.2, 0) is 11.2 Å². The number of nitrogens with one attached hydrogen (secondary N) is 2. The predicted octanol–water partition coefficient (Wildman–Crippen LogP) is 3.67. The number of Topliss-reactive ketones (excluding diaryl/α,β-unsaturated/α-hetero) is 1. The van der Waals surface area contributed by atoms with Gasteiger partial charge in [0.1, 0.15) is 0 Å². The molecule has 0 fully saturated rings. The van der Waals surface area contributed by atoms with Gasteiger partial charge >= 0.3 is 0 Å². The van der Waals surface area contributed by atoms with Crippen LogP contribution in [0.25, 0.3) is 10.9 Å². The van der Waals surface area contributed by atoms with Gasteiger partial charge in [-0.15, -0.1) is 0 Å². The van der Waals surface area contributed by atoms with Crippen LogP contribution in [0.5, 0.6) is 11.5 Å². The lowest BCUT2D eigenvalue weighted by Crippen LogP contribution is -2.14. The van der Waals surface area contributed by atoms with Crippen molar-refractivity contribution in [3.63, 3.8) is 0 Å². The van der Waals surface area contributed by atoms with Crippen LogP contribution in [0.3, 0.4) is 0 Å². The average molecular weight is 350 g/mol. The van der Waals surface area contributed by atoms with Crippen molar-refractivity contribution in [2.45, 2.75) is 19.8 Å². The molecule has 3 aromatic rings. The molecule has 0 atom stereocenters. The molecule has 26 heavy (non-hydrogen) atoms. The standard InChI is InChI=1S/C20H18N2O4/c1-12(23)15-8-18-19(26-11-25-18)9-17(15)22-20(24)7-6-13-10-21-16-5-3-2-4-14(13)16/h2-5,8-10,21H,6-7,11H2,1H3,(H,22,24). The number of benzene rings is 2. The number of rotatable bonds is 5. The number of carbonyl (C=O) groups excluding carboxylic acids is 2. The van der Waals surface area contributed by atoms with Gasteiger partial charge in [0.15, 0.2) is 17.3 Å². The van der Waals surface area contributed by atoms with Crippen LogP contribution < -0.4 is 14.8 Å². The topological polar surface area (TPSA) is 80.4 Å². The molecule has 6 heteroatoms. The van der Waals surface area contributed by atoms with Crippen molar-refractivity contribution in [1.29, 1.82) is 0 Å². The van der Waals surface area contributed by atoms with E-state index in [0.717, 1.165) is 16.5 Å². The van der Waals surface area contributed by atoms with E-state index in [1.165, 1.54) is 6.92 Å². The summed E-state index contributed by atoms with van der Waals surface area (Å²) < 4.78 is 10.6. The van der Waals surface area contributed by atoms with Crippen LogP contribution >= 0.6 is 0 Å². The first-order chi connectivity index (χ1) is 12.6. The van der Waals surface area contributed by atoms with E-state index >= 15 is 0 Å². The smallest absolute Gasteiger partial charge is 0.231 e. The molecule has 0 unspecified atom stereocenters. The van der Waals surface area contributed by atoms with Gasteiger partial charge in [0.05, 0.1) is 5.69 Å². The first-order valence-electron chi connectivity index (χ1n) is 8.41. The van der Waals surface area contributed by atoms with Crippen molar-refractivity contribution in [2.24, 2.45) is 0 Å². The number of para-hydroxylation sites is 1. The molecule has 0 bridgehead atoms. The summed E-state index contributed by atoms with van der Waals surface area (Å²) in [4.78, 5) is 27.5. The molecule has 2 heterocycles. The van der Waals surface area contributed by atoms with Crippen LogP contribution in [-0.4, -0.2) is 23.5 Å². The summed E-state index contributed by atoms with van der Waals surface area (Å²) in [5.41, 5.74) is 3.01. The highest BCUT2D eigenvalue weighted by atomic mass is 16.7. The molecule has 0 aliphatic carbocycles. The van der Waals surface area contributed by atoms with Gasteiger partial charge in [0.25, 0.3) is 0 Å². The number of carbonyl (C=O) groups is 2. The van der Waals surface area contributed by atoms with Crippen LogP contribution in [0.4, 0.5) is 5.69 Å². The first-order valence-corrected chi connectivity index (χ1v) is 8.41. The number of ether oxygens (including phenoxy) is 2. The maximum absolute atomic E-state index is 12.4. The molecule has 1 amide bonds. The van der Waals surface area contributed by atoms with E-state index < -0.39 is 0 Å². The summed E-state index contributed by atoms with van der Waals surface area (Å²) in [6.45, 7) is 1.57. The molecule has 2 N–H and O–H groups in total. The van der Waals surface area contributed by atoms with E-state index in [-0.39, 0.29) is 18.5 Å². The second-order valence-corrected chi connectivity index (χ2v) is 6.21. The third-order valence-electron chi connectivity index (χ3n) is 4.46. The predicted molar refractivity (Wildman–Crippen MR) is 97.8 cm³/mol. The molecule has 0 saturated heterocycles. The SMILES string of the molecule is CC(=O)c1cc2c(cc1NC(=O)CCc1c[nH]c3ccccc13)OCO2. The first kappa shape index (κ1) is 16.2. The monoisotopic (exact) mass is 350 g/mol. The van der Waals surface area contributed by atoms with Crippen LogP contribution in [0.1, 0.15) is 29.3 Å². The fourth-order valence-corrected chi connectivity index (χ4v) is 3.14. The Labute approximate surface area is 150 Å². The summed E-state index contributed by atoms with van der Waals surface area (Å²) >= 11 is 0. The van der Waals surface area contributed by atoms with Crippen molar-refractivity contribution in [3.05, 3.63) is 53.7 Å².